The Balaban J connectivity index is 1.78. The van der Waals surface area contributed by atoms with Gasteiger partial charge in [-0.1, -0.05) is 12.5 Å². The normalized spacial score (nSPS) is 24.6. The quantitative estimate of drug-likeness (QED) is 0.893. The van der Waals surface area contributed by atoms with Crippen molar-refractivity contribution in [3.05, 3.63) is 23.8 Å². The molecule has 0 aromatic heterocycles. The number of benzene rings is 1. The van der Waals surface area contributed by atoms with Crippen LogP contribution in [0.2, 0.25) is 0 Å². The Morgan fingerprint density at radius 2 is 2.00 bits per heavy atom. The summed E-state index contributed by atoms with van der Waals surface area (Å²) in [5.41, 5.74) is 7.55. The Morgan fingerprint density at radius 3 is 2.78 bits per heavy atom. The fourth-order valence-electron chi connectivity index (χ4n) is 2.53. The van der Waals surface area contributed by atoms with Crippen LogP contribution >= 0.6 is 11.8 Å². The maximum Gasteiger partial charge on any atom is 0.161 e. The minimum atomic E-state index is 0.103. The van der Waals surface area contributed by atoms with Crippen LogP contribution in [0.25, 0.3) is 0 Å². The molecule has 18 heavy (non-hydrogen) atoms. The Labute approximate surface area is 112 Å². The van der Waals surface area contributed by atoms with Crippen molar-refractivity contribution in [1.82, 2.24) is 0 Å². The Bertz CT molecular complexity index is 418. The van der Waals surface area contributed by atoms with Crippen molar-refractivity contribution < 1.29 is 9.47 Å². The van der Waals surface area contributed by atoms with Crippen molar-refractivity contribution in [1.29, 1.82) is 0 Å². The molecule has 0 saturated carbocycles. The predicted octanol–water partition coefficient (Wildman–Crippen LogP) is 2.74. The van der Waals surface area contributed by atoms with Gasteiger partial charge in [0.1, 0.15) is 13.2 Å². The smallest absolute Gasteiger partial charge is 0.161 e. The summed E-state index contributed by atoms with van der Waals surface area (Å²) in [6, 6.07) is 6.21. The molecule has 1 saturated heterocycles. The van der Waals surface area contributed by atoms with Gasteiger partial charge >= 0.3 is 0 Å². The van der Waals surface area contributed by atoms with Crippen LogP contribution < -0.4 is 15.2 Å². The summed E-state index contributed by atoms with van der Waals surface area (Å²) in [6.07, 6.45) is 3.85. The van der Waals surface area contributed by atoms with Gasteiger partial charge in [0.2, 0.25) is 0 Å². The molecular weight excluding hydrogens is 246 g/mol. The Hall–Kier alpha value is -0.870. The molecule has 0 aliphatic carbocycles. The van der Waals surface area contributed by atoms with Crippen LogP contribution in [0.3, 0.4) is 0 Å². The van der Waals surface area contributed by atoms with E-state index < -0.39 is 0 Å². The number of hydrogen-bond acceptors (Lipinski definition) is 4. The molecule has 1 fully saturated rings. The summed E-state index contributed by atoms with van der Waals surface area (Å²) >= 11 is 2.01. The second-order valence-electron chi connectivity index (χ2n) is 4.83. The van der Waals surface area contributed by atoms with Crippen molar-refractivity contribution in [2.24, 2.45) is 5.73 Å². The molecule has 2 N–H and O–H groups in total. The first-order chi connectivity index (χ1) is 8.84. The van der Waals surface area contributed by atoms with E-state index in [0.29, 0.717) is 18.5 Å². The third kappa shape index (κ3) is 2.45. The topological polar surface area (TPSA) is 44.5 Å². The van der Waals surface area contributed by atoms with E-state index in [4.69, 9.17) is 15.2 Å². The zero-order valence-corrected chi connectivity index (χ0v) is 11.2. The lowest BCUT2D eigenvalue weighted by molar-refractivity contribution is 0.171. The first-order valence-electron chi connectivity index (χ1n) is 6.61. The van der Waals surface area contributed by atoms with Crippen molar-refractivity contribution in [3.63, 3.8) is 0 Å². The van der Waals surface area contributed by atoms with Crippen molar-refractivity contribution in [2.75, 3.05) is 19.0 Å². The summed E-state index contributed by atoms with van der Waals surface area (Å²) in [6.45, 7) is 1.26. The molecule has 2 atom stereocenters. The average Bonchev–Trinajstić information content (AvgIpc) is 2.47. The molecule has 2 heterocycles. The molecular formula is C14H19NO2S. The van der Waals surface area contributed by atoms with Gasteiger partial charge < -0.3 is 15.2 Å². The van der Waals surface area contributed by atoms with Gasteiger partial charge in [-0.2, -0.15) is 11.8 Å². The standard InChI is InChI=1S/C14H19NO2S/c15-14(13-3-1-2-8-18-13)10-4-5-11-12(9-10)17-7-6-16-11/h4-5,9,13-14H,1-3,6-8,15H2. The molecule has 1 aromatic rings. The highest BCUT2D eigenvalue weighted by Crippen LogP contribution is 2.37. The van der Waals surface area contributed by atoms with Gasteiger partial charge in [0.05, 0.1) is 0 Å². The van der Waals surface area contributed by atoms with Gasteiger partial charge in [-0.25, -0.2) is 0 Å². The van der Waals surface area contributed by atoms with E-state index in [9.17, 15) is 0 Å². The maximum atomic E-state index is 6.39. The largest absolute Gasteiger partial charge is 0.486 e. The number of fused-ring (bicyclic) bond motifs is 1. The molecule has 98 valence electrons. The SMILES string of the molecule is NC(c1ccc2c(c1)OCCO2)C1CCCCS1. The minimum absolute atomic E-state index is 0.103. The van der Waals surface area contributed by atoms with E-state index in [1.165, 1.54) is 30.6 Å². The van der Waals surface area contributed by atoms with E-state index in [0.717, 1.165) is 11.5 Å². The zero-order chi connectivity index (χ0) is 12.4. The summed E-state index contributed by atoms with van der Waals surface area (Å²) < 4.78 is 11.1. The number of ether oxygens (including phenoxy) is 2. The highest BCUT2D eigenvalue weighted by atomic mass is 32.2. The van der Waals surface area contributed by atoms with Crippen LogP contribution in [0, 0.1) is 0 Å². The minimum Gasteiger partial charge on any atom is -0.486 e. The van der Waals surface area contributed by atoms with E-state index in [-0.39, 0.29) is 6.04 Å². The Morgan fingerprint density at radius 1 is 1.17 bits per heavy atom. The summed E-state index contributed by atoms with van der Waals surface area (Å²) in [4.78, 5) is 0. The molecule has 0 spiro atoms. The molecule has 4 heteroatoms. The lowest BCUT2D eigenvalue weighted by Crippen LogP contribution is -2.26. The van der Waals surface area contributed by atoms with Gasteiger partial charge in [0.25, 0.3) is 0 Å². The maximum absolute atomic E-state index is 6.39. The Kier molecular flexibility index (Phi) is 3.66. The third-order valence-electron chi connectivity index (χ3n) is 3.57. The second-order valence-corrected chi connectivity index (χ2v) is 6.18. The number of hydrogen-bond donors (Lipinski definition) is 1. The van der Waals surface area contributed by atoms with Crippen molar-refractivity contribution in [2.45, 2.75) is 30.6 Å². The molecule has 0 bridgehead atoms. The summed E-state index contributed by atoms with van der Waals surface area (Å²) in [7, 11) is 0. The van der Waals surface area contributed by atoms with Crippen LogP contribution in [0.4, 0.5) is 0 Å². The summed E-state index contributed by atoms with van der Waals surface area (Å²) in [5, 5.41) is 0.543. The third-order valence-corrected chi connectivity index (χ3v) is 5.05. The number of nitrogens with two attached hydrogens (primary N) is 1. The highest BCUT2D eigenvalue weighted by Gasteiger charge is 2.24. The van der Waals surface area contributed by atoms with Crippen LogP contribution in [-0.4, -0.2) is 24.2 Å². The van der Waals surface area contributed by atoms with Crippen LogP contribution in [-0.2, 0) is 0 Å². The average molecular weight is 265 g/mol. The van der Waals surface area contributed by atoms with Crippen LogP contribution in [0.5, 0.6) is 11.5 Å². The molecule has 2 unspecified atom stereocenters. The fraction of sp³-hybridized carbons (Fsp3) is 0.571. The first-order valence-corrected chi connectivity index (χ1v) is 7.66. The van der Waals surface area contributed by atoms with Gasteiger partial charge in [0.15, 0.2) is 11.5 Å². The highest BCUT2D eigenvalue weighted by molar-refractivity contribution is 8.00. The lowest BCUT2D eigenvalue weighted by atomic mass is 10.00. The number of thioether (sulfide) groups is 1. The molecule has 2 aliphatic rings. The molecule has 1 aromatic carbocycles. The first kappa shape index (κ1) is 12.2. The van der Waals surface area contributed by atoms with Crippen LogP contribution in [0.1, 0.15) is 30.9 Å². The molecule has 3 nitrogen and oxygen atoms in total. The fourth-order valence-corrected chi connectivity index (χ4v) is 3.90. The molecule has 3 rings (SSSR count). The molecule has 2 aliphatic heterocycles. The van der Waals surface area contributed by atoms with Gasteiger partial charge in [0, 0.05) is 11.3 Å². The second kappa shape index (κ2) is 5.41. The predicted molar refractivity (Wildman–Crippen MR) is 74.5 cm³/mol. The summed E-state index contributed by atoms with van der Waals surface area (Å²) in [5.74, 6) is 2.92. The van der Waals surface area contributed by atoms with E-state index in [1.807, 2.05) is 23.9 Å². The molecule has 0 radical (unpaired) electrons. The monoisotopic (exact) mass is 265 g/mol. The van der Waals surface area contributed by atoms with Gasteiger partial charge in [-0.3, -0.25) is 0 Å². The van der Waals surface area contributed by atoms with E-state index >= 15 is 0 Å². The van der Waals surface area contributed by atoms with Gasteiger partial charge in [-0.05, 0) is 36.3 Å². The van der Waals surface area contributed by atoms with Crippen molar-refractivity contribution in [3.8, 4) is 11.5 Å². The van der Waals surface area contributed by atoms with E-state index in [2.05, 4.69) is 6.07 Å². The zero-order valence-electron chi connectivity index (χ0n) is 10.4. The molecule has 0 amide bonds. The number of rotatable bonds is 2. The van der Waals surface area contributed by atoms with E-state index in [1.54, 1.807) is 0 Å². The lowest BCUT2D eigenvalue weighted by Gasteiger charge is -2.28. The van der Waals surface area contributed by atoms with Crippen LogP contribution in [0.15, 0.2) is 18.2 Å². The van der Waals surface area contributed by atoms with Gasteiger partial charge in [-0.15, -0.1) is 0 Å². The van der Waals surface area contributed by atoms with Crippen molar-refractivity contribution >= 4 is 11.8 Å².